The largest absolute Gasteiger partial charge is 0.368 e. The van der Waals surface area contributed by atoms with Crippen molar-refractivity contribution in [3.05, 3.63) is 57.5 Å². The molecule has 1 saturated heterocycles. The van der Waals surface area contributed by atoms with Crippen molar-refractivity contribution in [1.29, 1.82) is 0 Å². The lowest BCUT2D eigenvalue weighted by Crippen LogP contribution is -2.54. The van der Waals surface area contributed by atoms with E-state index < -0.39 is 0 Å². The Bertz CT molecular complexity index is 756. The van der Waals surface area contributed by atoms with Gasteiger partial charge in [0, 0.05) is 42.5 Å². The molecule has 0 saturated carbocycles. The minimum absolute atomic E-state index is 0.0314. The summed E-state index contributed by atoms with van der Waals surface area (Å²) in [7, 11) is 0. The topological polar surface area (TPSA) is 69.3 Å². The maximum atomic E-state index is 12.5. The summed E-state index contributed by atoms with van der Waals surface area (Å²) < 4.78 is 0. The number of nitrogens with zero attached hydrogens (tertiary/aromatic N) is 3. The van der Waals surface area contributed by atoms with Gasteiger partial charge in [0.25, 0.3) is 11.5 Å². The molecule has 1 aliphatic heterocycles. The van der Waals surface area contributed by atoms with E-state index in [1.54, 1.807) is 4.90 Å². The molecule has 23 heavy (non-hydrogen) atoms. The second-order valence-corrected chi connectivity index (χ2v) is 6.02. The highest BCUT2D eigenvalue weighted by Gasteiger charge is 2.29. The molecule has 6 nitrogen and oxygen atoms in total. The molecule has 1 aromatic heterocycles. The third-order valence-electron chi connectivity index (χ3n) is 3.96. The van der Waals surface area contributed by atoms with Crippen molar-refractivity contribution in [2.75, 3.05) is 24.5 Å². The molecule has 2 aromatic rings. The zero-order valence-corrected chi connectivity index (χ0v) is 13.5. The molecule has 7 heteroatoms. The predicted molar refractivity (Wildman–Crippen MR) is 89.0 cm³/mol. The molecule has 1 atom stereocenters. The van der Waals surface area contributed by atoms with Crippen LogP contribution in [0.1, 0.15) is 17.4 Å². The molecular formula is C16H17ClN4O2. The first-order valence-electron chi connectivity index (χ1n) is 7.42. The van der Waals surface area contributed by atoms with E-state index in [1.807, 2.05) is 31.2 Å². The van der Waals surface area contributed by atoms with Crippen LogP contribution < -0.4 is 10.5 Å². The van der Waals surface area contributed by atoms with Crippen LogP contribution in [-0.2, 0) is 0 Å². The number of nitrogens with one attached hydrogen (secondary N) is 1. The number of aromatic amines is 1. The van der Waals surface area contributed by atoms with Gasteiger partial charge in [-0.2, -0.15) is 5.10 Å². The summed E-state index contributed by atoms with van der Waals surface area (Å²) in [4.78, 5) is 27.6. The van der Waals surface area contributed by atoms with Crippen LogP contribution in [0.3, 0.4) is 0 Å². The van der Waals surface area contributed by atoms with Crippen LogP contribution in [0, 0.1) is 0 Å². The highest BCUT2D eigenvalue weighted by atomic mass is 35.5. The van der Waals surface area contributed by atoms with E-state index in [2.05, 4.69) is 15.1 Å². The standard InChI is InChI=1S/C16H17ClN4O2/c1-11-10-20(13-4-2-3-12(17)9-13)7-8-21(11)16(23)14-5-6-15(22)19-18-14/h2-6,9,11H,7-8,10H2,1H3,(H,19,22)/t11-/m1/s1. The molecule has 0 radical (unpaired) electrons. The van der Waals surface area contributed by atoms with E-state index in [9.17, 15) is 9.59 Å². The monoisotopic (exact) mass is 332 g/mol. The second kappa shape index (κ2) is 6.42. The van der Waals surface area contributed by atoms with Gasteiger partial charge in [0.05, 0.1) is 0 Å². The number of amides is 1. The number of hydrogen-bond acceptors (Lipinski definition) is 4. The number of carbonyl (C=O) groups excluding carboxylic acids is 1. The molecule has 1 aromatic carbocycles. The molecule has 3 rings (SSSR count). The van der Waals surface area contributed by atoms with Crippen LogP contribution in [0.25, 0.3) is 0 Å². The summed E-state index contributed by atoms with van der Waals surface area (Å²) in [6, 6.07) is 10.5. The lowest BCUT2D eigenvalue weighted by molar-refractivity contribution is 0.0666. The Morgan fingerprint density at radius 1 is 1.30 bits per heavy atom. The SMILES string of the molecule is C[C@@H]1CN(c2cccc(Cl)c2)CCN1C(=O)c1ccc(=O)[nH]n1. The fourth-order valence-corrected chi connectivity index (χ4v) is 2.96. The second-order valence-electron chi connectivity index (χ2n) is 5.58. The smallest absolute Gasteiger partial charge is 0.274 e. The van der Waals surface area contributed by atoms with Crippen molar-refractivity contribution in [2.45, 2.75) is 13.0 Å². The Hall–Kier alpha value is -2.34. The molecule has 120 valence electrons. The predicted octanol–water partition coefficient (Wildman–Crippen LogP) is 1.77. The van der Waals surface area contributed by atoms with Gasteiger partial charge in [-0.15, -0.1) is 0 Å². The van der Waals surface area contributed by atoms with Crippen LogP contribution in [0.4, 0.5) is 5.69 Å². The van der Waals surface area contributed by atoms with Crippen molar-refractivity contribution in [3.63, 3.8) is 0 Å². The van der Waals surface area contributed by atoms with E-state index in [1.165, 1.54) is 12.1 Å². The van der Waals surface area contributed by atoms with Gasteiger partial charge < -0.3 is 9.80 Å². The summed E-state index contributed by atoms with van der Waals surface area (Å²) in [5.41, 5.74) is 0.992. The fraction of sp³-hybridized carbons (Fsp3) is 0.312. The Labute approximate surface area is 138 Å². The molecular weight excluding hydrogens is 316 g/mol. The van der Waals surface area contributed by atoms with Gasteiger partial charge in [-0.3, -0.25) is 9.59 Å². The van der Waals surface area contributed by atoms with Crippen molar-refractivity contribution in [2.24, 2.45) is 0 Å². The molecule has 1 amide bonds. The summed E-state index contributed by atoms with van der Waals surface area (Å²) >= 11 is 6.04. The number of hydrogen-bond donors (Lipinski definition) is 1. The van der Waals surface area contributed by atoms with E-state index in [0.717, 1.165) is 18.8 Å². The summed E-state index contributed by atoms with van der Waals surface area (Å²) in [5.74, 6) is -0.167. The number of carbonyl (C=O) groups is 1. The zero-order valence-electron chi connectivity index (χ0n) is 12.7. The number of piperazine rings is 1. The highest BCUT2D eigenvalue weighted by molar-refractivity contribution is 6.30. The van der Waals surface area contributed by atoms with E-state index in [4.69, 9.17) is 11.6 Å². The van der Waals surface area contributed by atoms with E-state index in [-0.39, 0.29) is 23.2 Å². The van der Waals surface area contributed by atoms with Gasteiger partial charge in [0.1, 0.15) is 5.69 Å². The number of benzene rings is 1. The van der Waals surface area contributed by atoms with Crippen LogP contribution in [0.5, 0.6) is 0 Å². The Morgan fingerprint density at radius 2 is 2.13 bits per heavy atom. The number of anilines is 1. The third-order valence-corrected chi connectivity index (χ3v) is 4.20. The maximum absolute atomic E-state index is 12.5. The van der Waals surface area contributed by atoms with Crippen molar-refractivity contribution in [3.8, 4) is 0 Å². The highest BCUT2D eigenvalue weighted by Crippen LogP contribution is 2.23. The average Bonchev–Trinajstić information content (AvgIpc) is 2.55. The number of aromatic nitrogens is 2. The normalized spacial score (nSPS) is 18.1. The van der Waals surface area contributed by atoms with Gasteiger partial charge in [-0.25, -0.2) is 5.10 Å². The Kier molecular flexibility index (Phi) is 4.34. The third kappa shape index (κ3) is 3.37. The molecule has 1 fully saturated rings. The van der Waals surface area contributed by atoms with Crippen LogP contribution in [0.2, 0.25) is 5.02 Å². The fourth-order valence-electron chi connectivity index (χ4n) is 2.78. The first-order chi connectivity index (χ1) is 11.0. The summed E-state index contributed by atoms with van der Waals surface area (Å²) in [6.45, 7) is 4.03. The molecule has 1 N–H and O–H groups in total. The molecule has 0 aliphatic carbocycles. The minimum Gasteiger partial charge on any atom is -0.368 e. The average molecular weight is 333 g/mol. The molecule has 0 unspecified atom stereocenters. The van der Waals surface area contributed by atoms with Gasteiger partial charge in [-0.05, 0) is 31.2 Å². The molecule has 0 bridgehead atoms. The Morgan fingerprint density at radius 3 is 2.78 bits per heavy atom. The Balaban J connectivity index is 1.72. The first kappa shape index (κ1) is 15.6. The zero-order chi connectivity index (χ0) is 16.4. The lowest BCUT2D eigenvalue weighted by Gasteiger charge is -2.40. The van der Waals surface area contributed by atoms with Crippen LogP contribution >= 0.6 is 11.6 Å². The van der Waals surface area contributed by atoms with E-state index >= 15 is 0 Å². The van der Waals surface area contributed by atoms with Crippen molar-refractivity contribution in [1.82, 2.24) is 15.1 Å². The number of rotatable bonds is 2. The molecule has 0 spiro atoms. The molecule has 1 aliphatic rings. The van der Waals surface area contributed by atoms with Gasteiger partial charge in [0.2, 0.25) is 0 Å². The summed E-state index contributed by atoms with van der Waals surface area (Å²) in [6.07, 6.45) is 0. The number of H-pyrrole nitrogens is 1. The van der Waals surface area contributed by atoms with Crippen LogP contribution in [-0.4, -0.2) is 46.7 Å². The van der Waals surface area contributed by atoms with Crippen molar-refractivity contribution >= 4 is 23.2 Å². The van der Waals surface area contributed by atoms with Gasteiger partial charge >= 0.3 is 0 Å². The number of halogens is 1. The van der Waals surface area contributed by atoms with Crippen molar-refractivity contribution < 1.29 is 4.79 Å². The lowest BCUT2D eigenvalue weighted by atomic mass is 10.1. The van der Waals surface area contributed by atoms with E-state index in [0.29, 0.717) is 11.6 Å². The quantitative estimate of drug-likeness (QED) is 0.910. The van der Waals surface area contributed by atoms with Crippen LogP contribution in [0.15, 0.2) is 41.2 Å². The first-order valence-corrected chi connectivity index (χ1v) is 7.79. The maximum Gasteiger partial charge on any atom is 0.274 e. The molecule has 2 heterocycles. The van der Waals surface area contributed by atoms with Gasteiger partial charge in [-0.1, -0.05) is 17.7 Å². The summed E-state index contributed by atoms with van der Waals surface area (Å²) in [5, 5.41) is 6.81. The minimum atomic E-state index is -0.319. The van der Waals surface area contributed by atoms with Gasteiger partial charge in [0.15, 0.2) is 0 Å².